The van der Waals surface area contributed by atoms with Crippen molar-refractivity contribution in [3.05, 3.63) is 53.0 Å². The van der Waals surface area contributed by atoms with Crippen molar-refractivity contribution in [2.45, 2.75) is 6.61 Å². The van der Waals surface area contributed by atoms with Gasteiger partial charge >= 0.3 is 5.97 Å². The maximum Gasteiger partial charge on any atom is 0.336 e. The van der Waals surface area contributed by atoms with Crippen LogP contribution in [-0.2, 0) is 11.4 Å². The fourth-order valence-electron chi connectivity index (χ4n) is 1.38. The van der Waals surface area contributed by atoms with Gasteiger partial charge in [-0.05, 0) is 12.1 Å². The largest absolute Gasteiger partial charge is 0.487 e. The highest BCUT2D eigenvalue weighted by Gasteiger charge is 2.15. The fraction of sp³-hybridized carbons (Fsp3) is 0.0769. The molecule has 4 nitrogen and oxygen atoms in total. The molecule has 92 valence electrons. The summed E-state index contributed by atoms with van der Waals surface area (Å²) < 4.78 is 5.53. The van der Waals surface area contributed by atoms with Crippen molar-refractivity contribution >= 4 is 22.9 Å². The standard InChI is InChI=1S/C13H11NO3S/c1-9(13(15)16)12-11(14-8-18-12)7-17-10-5-3-2-4-6-10/h2-6,8H,1,7H2,(H,15,16). The van der Waals surface area contributed by atoms with Crippen LogP contribution in [0, 0.1) is 0 Å². The predicted octanol–water partition coefficient (Wildman–Crippen LogP) is 2.82. The van der Waals surface area contributed by atoms with Crippen LogP contribution in [-0.4, -0.2) is 16.1 Å². The Balaban J connectivity index is 2.09. The minimum atomic E-state index is -1.04. The van der Waals surface area contributed by atoms with Gasteiger partial charge in [0.25, 0.3) is 0 Å². The first-order valence-corrected chi connectivity index (χ1v) is 6.09. The summed E-state index contributed by atoms with van der Waals surface area (Å²) in [4.78, 5) is 15.5. The van der Waals surface area contributed by atoms with E-state index in [1.165, 1.54) is 11.3 Å². The summed E-state index contributed by atoms with van der Waals surface area (Å²) in [6.45, 7) is 3.76. The minimum absolute atomic E-state index is 0.0455. The zero-order valence-corrected chi connectivity index (χ0v) is 10.3. The molecule has 0 atom stereocenters. The highest BCUT2D eigenvalue weighted by atomic mass is 32.1. The van der Waals surface area contributed by atoms with Gasteiger partial charge in [0.15, 0.2) is 0 Å². The van der Waals surface area contributed by atoms with E-state index >= 15 is 0 Å². The number of nitrogens with zero attached hydrogens (tertiary/aromatic N) is 1. The van der Waals surface area contributed by atoms with Gasteiger partial charge in [0.05, 0.1) is 21.7 Å². The van der Waals surface area contributed by atoms with Gasteiger partial charge < -0.3 is 9.84 Å². The van der Waals surface area contributed by atoms with E-state index in [9.17, 15) is 4.79 Å². The second-order valence-corrected chi connectivity index (χ2v) is 4.37. The molecule has 0 aliphatic carbocycles. The van der Waals surface area contributed by atoms with Crippen molar-refractivity contribution < 1.29 is 14.6 Å². The first-order valence-electron chi connectivity index (χ1n) is 5.21. The van der Waals surface area contributed by atoms with E-state index in [0.29, 0.717) is 10.6 Å². The van der Waals surface area contributed by atoms with Crippen molar-refractivity contribution in [1.29, 1.82) is 0 Å². The molecule has 1 N–H and O–H groups in total. The van der Waals surface area contributed by atoms with Crippen LogP contribution in [0.4, 0.5) is 0 Å². The number of rotatable bonds is 5. The lowest BCUT2D eigenvalue weighted by molar-refractivity contribution is -0.130. The van der Waals surface area contributed by atoms with Crippen LogP contribution in [0.25, 0.3) is 5.57 Å². The molecule has 0 fully saturated rings. The van der Waals surface area contributed by atoms with Crippen molar-refractivity contribution in [3.8, 4) is 5.75 Å². The maximum atomic E-state index is 10.9. The Morgan fingerprint density at radius 2 is 2.11 bits per heavy atom. The summed E-state index contributed by atoms with van der Waals surface area (Å²) in [5, 5.41) is 8.90. The van der Waals surface area contributed by atoms with E-state index in [1.807, 2.05) is 30.3 Å². The van der Waals surface area contributed by atoms with Gasteiger partial charge in [-0.1, -0.05) is 24.8 Å². The van der Waals surface area contributed by atoms with Crippen LogP contribution < -0.4 is 4.74 Å². The predicted molar refractivity (Wildman–Crippen MR) is 69.6 cm³/mol. The van der Waals surface area contributed by atoms with Gasteiger partial charge in [-0.3, -0.25) is 0 Å². The zero-order valence-electron chi connectivity index (χ0n) is 9.50. The minimum Gasteiger partial charge on any atom is -0.487 e. The number of thiazole rings is 1. The second kappa shape index (κ2) is 5.46. The molecule has 0 spiro atoms. The second-order valence-electron chi connectivity index (χ2n) is 3.51. The summed E-state index contributed by atoms with van der Waals surface area (Å²) in [6, 6.07) is 9.30. The molecule has 1 aromatic carbocycles. The number of carbonyl (C=O) groups is 1. The molecule has 0 radical (unpaired) electrons. The number of carboxylic acids is 1. The molecule has 5 heteroatoms. The molecular formula is C13H11NO3S. The summed E-state index contributed by atoms with van der Waals surface area (Å²) in [6.07, 6.45) is 0. The molecule has 0 saturated heterocycles. The summed E-state index contributed by atoms with van der Waals surface area (Å²) >= 11 is 1.25. The lowest BCUT2D eigenvalue weighted by Crippen LogP contribution is -2.02. The summed E-state index contributed by atoms with van der Waals surface area (Å²) in [7, 11) is 0. The van der Waals surface area contributed by atoms with Gasteiger partial charge in [0.1, 0.15) is 12.4 Å². The Labute approximate surface area is 108 Å². The number of hydrogen-bond acceptors (Lipinski definition) is 4. The Hall–Kier alpha value is -2.14. The van der Waals surface area contributed by atoms with Gasteiger partial charge in [0, 0.05) is 0 Å². The molecule has 2 aromatic rings. The summed E-state index contributed by atoms with van der Waals surface area (Å²) in [5.41, 5.74) is 2.23. The quantitative estimate of drug-likeness (QED) is 0.841. The molecule has 0 aliphatic rings. The van der Waals surface area contributed by atoms with Crippen molar-refractivity contribution in [2.24, 2.45) is 0 Å². The molecule has 0 saturated carbocycles. The van der Waals surface area contributed by atoms with Crippen LogP contribution in [0.15, 0.2) is 42.4 Å². The number of benzene rings is 1. The number of carboxylic acid groups (broad SMARTS) is 1. The Morgan fingerprint density at radius 3 is 2.78 bits per heavy atom. The number of aromatic nitrogens is 1. The van der Waals surface area contributed by atoms with Gasteiger partial charge in [-0.15, -0.1) is 11.3 Å². The fourth-order valence-corrected chi connectivity index (χ4v) is 2.15. The third-order valence-corrected chi connectivity index (χ3v) is 3.22. The van der Waals surface area contributed by atoms with Crippen LogP contribution >= 0.6 is 11.3 Å². The summed E-state index contributed by atoms with van der Waals surface area (Å²) in [5.74, 6) is -0.322. The van der Waals surface area contributed by atoms with Crippen molar-refractivity contribution in [1.82, 2.24) is 4.98 Å². The van der Waals surface area contributed by atoms with Gasteiger partial charge in [-0.2, -0.15) is 0 Å². The highest BCUT2D eigenvalue weighted by molar-refractivity contribution is 7.11. The van der Waals surface area contributed by atoms with Crippen molar-refractivity contribution in [3.63, 3.8) is 0 Å². The first kappa shape index (κ1) is 12.3. The number of hydrogen-bond donors (Lipinski definition) is 1. The lowest BCUT2D eigenvalue weighted by atomic mass is 10.2. The number of ether oxygens (including phenoxy) is 1. The molecule has 2 rings (SSSR count). The van der Waals surface area contributed by atoms with E-state index < -0.39 is 5.97 Å². The molecule has 18 heavy (non-hydrogen) atoms. The lowest BCUT2D eigenvalue weighted by Gasteiger charge is -2.05. The molecule has 0 amide bonds. The number of para-hydroxylation sites is 1. The van der Waals surface area contributed by atoms with E-state index in [0.717, 1.165) is 5.75 Å². The monoisotopic (exact) mass is 261 g/mol. The Kier molecular flexibility index (Phi) is 3.74. The number of aliphatic carboxylic acids is 1. The van der Waals surface area contributed by atoms with Crippen LogP contribution in [0.3, 0.4) is 0 Å². The zero-order chi connectivity index (χ0) is 13.0. The average molecular weight is 261 g/mol. The molecule has 1 aromatic heterocycles. The molecule has 1 heterocycles. The maximum absolute atomic E-state index is 10.9. The topological polar surface area (TPSA) is 59.4 Å². The van der Waals surface area contributed by atoms with E-state index in [2.05, 4.69) is 11.6 Å². The normalized spacial score (nSPS) is 10.0. The Morgan fingerprint density at radius 1 is 1.39 bits per heavy atom. The van der Waals surface area contributed by atoms with E-state index in [-0.39, 0.29) is 12.2 Å². The average Bonchev–Trinajstić information content (AvgIpc) is 2.84. The van der Waals surface area contributed by atoms with Gasteiger partial charge in [-0.25, -0.2) is 9.78 Å². The van der Waals surface area contributed by atoms with Crippen molar-refractivity contribution in [2.75, 3.05) is 0 Å². The van der Waals surface area contributed by atoms with Crippen LogP contribution in [0.5, 0.6) is 5.75 Å². The smallest absolute Gasteiger partial charge is 0.336 e. The van der Waals surface area contributed by atoms with Gasteiger partial charge in [0.2, 0.25) is 0 Å². The molecule has 0 aliphatic heterocycles. The molecule has 0 bridgehead atoms. The van der Waals surface area contributed by atoms with E-state index in [1.54, 1.807) is 5.51 Å². The SMILES string of the molecule is C=C(C(=O)O)c1scnc1COc1ccccc1. The Bertz CT molecular complexity index is 563. The third kappa shape index (κ3) is 2.75. The van der Waals surface area contributed by atoms with E-state index in [4.69, 9.17) is 9.84 Å². The molecule has 0 unspecified atom stereocenters. The molecular weight excluding hydrogens is 250 g/mol. The highest BCUT2D eigenvalue weighted by Crippen LogP contribution is 2.23. The third-order valence-electron chi connectivity index (χ3n) is 2.29. The van der Waals surface area contributed by atoms with Crippen LogP contribution in [0.1, 0.15) is 10.6 Å². The first-order chi connectivity index (χ1) is 8.68. The van der Waals surface area contributed by atoms with Crippen LogP contribution in [0.2, 0.25) is 0 Å².